The van der Waals surface area contributed by atoms with Crippen molar-refractivity contribution < 1.29 is 23.5 Å². The van der Waals surface area contributed by atoms with Gasteiger partial charge in [0, 0.05) is 18.2 Å². The number of carboxylic acid groups (broad SMARTS) is 1. The SMILES string of the molecule is O=C(O)CCN(C(=O)c1ccccc1)c1cc(F)ccc1F. The third-order valence-corrected chi connectivity index (χ3v) is 3.01. The van der Waals surface area contributed by atoms with Gasteiger partial charge < -0.3 is 10.0 Å². The zero-order valence-electron chi connectivity index (χ0n) is 11.5. The van der Waals surface area contributed by atoms with E-state index >= 15 is 0 Å². The van der Waals surface area contributed by atoms with Crippen LogP contribution in [-0.2, 0) is 4.79 Å². The molecule has 22 heavy (non-hydrogen) atoms. The van der Waals surface area contributed by atoms with Gasteiger partial charge in [0.2, 0.25) is 0 Å². The van der Waals surface area contributed by atoms with Crippen molar-refractivity contribution in [2.24, 2.45) is 0 Å². The van der Waals surface area contributed by atoms with Gasteiger partial charge in [-0.1, -0.05) is 18.2 Å². The maximum Gasteiger partial charge on any atom is 0.305 e. The van der Waals surface area contributed by atoms with E-state index < -0.39 is 23.5 Å². The van der Waals surface area contributed by atoms with Crippen LogP contribution in [-0.4, -0.2) is 23.5 Å². The highest BCUT2D eigenvalue weighted by Crippen LogP contribution is 2.23. The second-order valence-electron chi connectivity index (χ2n) is 4.56. The summed E-state index contributed by atoms with van der Waals surface area (Å²) < 4.78 is 27.3. The summed E-state index contributed by atoms with van der Waals surface area (Å²) in [5.74, 6) is -3.23. The summed E-state index contributed by atoms with van der Waals surface area (Å²) in [5.41, 5.74) is -0.0216. The summed E-state index contributed by atoms with van der Waals surface area (Å²) in [4.78, 5) is 24.1. The van der Waals surface area contributed by atoms with Crippen LogP contribution in [0.1, 0.15) is 16.8 Å². The number of anilines is 1. The molecule has 1 amide bonds. The first-order chi connectivity index (χ1) is 10.5. The Morgan fingerprint density at radius 2 is 1.73 bits per heavy atom. The van der Waals surface area contributed by atoms with E-state index in [1.807, 2.05) is 0 Å². The predicted octanol–water partition coefficient (Wildman–Crippen LogP) is 3.09. The molecule has 1 N–H and O–H groups in total. The van der Waals surface area contributed by atoms with Crippen LogP contribution in [0.2, 0.25) is 0 Å². The molecule has 114 valence electrons. The van der Waals surface area contributed by atoms with Crippen LogP contribution in [0.5, 0.6) is 0 Å². The third-order valence-electron chi connectivity index (χ3n) is 3.01. The van der Waals surface area contributed by atoms with Crippen molar-refractivity contribution in [3.05, 3.63) is 65.7 Å². The molecular weight excluding hydrogens is 292 g/mol. The van der Waals surface area contributed by atoms with Gasteiger partial charge in [0.1, 0.15) is 11.6 Å². The molecule has 0 atom stereocenters. The van der Waals surface area contributed by atoms with Crippen molar-refractivity contribution in [2.45, 2.75) is 6.42 Å². The molecule has 2 aromatic carbocycles. The predicted molar refractivity (Wildman–Crippen MR) is 76.7 cm³/mol. The molecule has 2 aromatic rings. The van der Waals surface area contributed by atoms with E-state index in [1.165, 1.54) is 12.1 Å². The lowest BCUT2D eigenvalue weighted by Gasteiger charge is -2.22. The zero-order chi connectivity index (χ0) is 16.1. The van der Waals surface area contributed by atoms with Gasteiger partial charge in [-0.15, -0.1) is 0 Å². The first-order valence-electron chi connectivity index (χ1n) is 6.53. The molecule has 0 aromatic heterocycles. The van der Waals surface area contributed by atoms with E-state index in [9.17, 15) is 18.4 Å². The number of carbonyl (C=O) groups excluding carboxylic acids is 1. The van der Waals surface area contributed by atoms with Gasteiger partial charge in [0.05, 0.1) is 12.1 Å². The highest BCUT2D eigenvalue weighted by molar-refractivity contribution is 6.06. The molecule has 4 nitrogen and oxygen atoms in total. The number of carboxylic acids is 1. The molecular formula is C16H13F2NO3. The van der Waals surface area contributed by atoms with Crippen molar-refractivity contribution >= 4 is 17.6 Å². The Hall–Kier alpha value is -2.76. The molecule has 0 aliphatic rings. The minimum Gasteiger partial charge on any atom is -0.481 e. The van der Waals surface area contributed by atoms with Gasteiger partial charge in [-0.05, 0) is 24.3 Å². The molecule has 2 rings (SSSR count). The maximum atomic E-state index is 13.9. The lowest BCUT2D eigenvalue weighted by atomic mass is 10.1. The fourth-order valence-corrected chi connectivity index (χ4v) is 1.97. The Balaban J connectivity index is 2.40. The van der Waals surface area contributed by atoms with E-state index in [1.54, 1.807) is 18.2 Å². The van der Waals surface area contributed by atoms with E-state index in [2.05, 4.69) is 0 Å². The summed E-state index contributed by atoms with van der Waals surface area (Å²) >= 11 is 0. The Morgan fingerprint density at radius 1 is 1.05 bits per heavy atom. The average Bonchev–Trinajstić information content (AvgIpc) is 2.51. The number of aliphatic carboxylic acids is 1. The number of carbonyl (C=O) groups is 2. The van der Waals surface area contributed by atoms with Crippen molar-refractivity contribution in [1.29, 1.82) is 0 Å². The number of nitrogens with zero attached hydrogens (tertiary/aromatic N) is 1. The smallest absolute Gasteiger partial charge is 0.305 e. The van der Waals surface area contributed by atoms with E-state index in [4.69, 9.17) is 5.11 Å². The summed E-state index contributed by atoms with van der Waals surface area (Å²) in [7, 11) is 0. The van der Waals surface area contributed by atoms with Crippen molar-refractivity contribution in [3.63, 3.8) is 0 Å². The van der Waals surface area contributed by atoms with Crippen molar-refractivity contribution in [3.8, 4) is 0 Å². The molecule has 0 unspecified atom stereocenters. The Bertz CT molecular complexity index is 689. The zero-order valence-corrected chi connectivity index (χ0v) is 11.5. The molecule has 0 saturated heterocycles. The molecule has 0 saturated carbocycles. The van der Waals surface area contributed by atoms with E-state index in [-0.39, 0.29) is 24.2 Å². The van der Waals surface area contributed by atoms with Crippen LogP contribution in [0, 0.1) is 11.6 Å². The summed E-state index contributed by atoms with van der Waals surface area (Å²) in [5, 5.41) is 8.78. The summed E-state index contributed by atoms with van der Waals surface area (Å²) in [6.07, 6.45) is -0.380. The van der Waals surface area contributed by atoms with Crippen LogP contribution in [0.3, 0.4) is 0 Å². The molecule has 0 bridgehead atoms. The maximum absolute atomic E-state index is 13.9. The van der Waals surface area contributed by atoms with Crippen molar-refractivity contribution in [2.75, 3.05) is 11.4 Å². The Labute approximate surface area is 125 Å². The van der Waals surface area contributed by atoms with Crippen LogP contribution in [0.25, 0.3) is 0 Å². The molecule has 0 spiro atoms. The minimum atomic E-state index is -1.14. The standard InChI is InChI=1S/C16H13F2NO3/c17-12-6-7-13(18)14(10-12)19(9-8-15(20)21)16(22)11-4-2-1-3-5-11/h1-7,10H,8-9H2,(H,20,21). The molecule has 0 aliphatic carbocycles. The van der Waals surface area contributed by atoms with Crippen molar-refractivity contribution in [1.82, 2.24) is 0 Å². The van der Waals surface area contributed by atoms with Gasteiger partial charge >= 0.3 is 5.97 Å². The fraction of sp³-hybridized carbons (Fsp3) is 0.125. The van der Waals surface area contributed by atoms with Gasteiger partial charge in [0.25, 0.3) is 5.91 Å². The first-order valence-corrected chi connectivity index (χ1v) is 6.53. The highest BCUT2D eigenvalue weighted by atomic mass is 19.1. The number of benzene rings is 2. The third kappa shape index (κ3) is 3.66. The molecule has 0 fully saturated rings. The van der Waals surface area contributed by atoms with Gasteiger partial charge in [0.15, 0.2) is 0 Å². The van der Waals surface area contributed by atoms with Crippen LogP contribution in [0.15, 0.2) is 48.5 Å². The van der Waals surface area contributed by atoms with Gasteiger partial charge in [-0.3, -0.25) is 9.59 Å². The largest absolute Gasteiger partial charge is 0.481 e. The topological polar surface area (TPSA) is 57.6 Å². The van der Waals surface area contributed by atoms with E-state index in [0.29, 0.717) is 0 Å². The second-order valence-corrected chi connectivity index (χ2v) is 4.56. The number of halogens is 2. The lowest BCUT2D eigenvalue weighted by Crippen LogP contribution is -2.33. The monoisotopic (exact) mass is 305 g/mol. The minimum absolute atomic E-state index is 0.260. The van der Waals surface area contributed by atoms with Crippen LogP contribution in [0.4, 0.5) is 14.5 Å². The van der Waals surface area contributed by atoms with Crippen LogP contribution >= 0.6 is 0 Å². The van der Waals surface area contributed by atoms with Gasteiger partial charge in [-0.25, -0.2) is 8.78 Å². The quantitative estimate of drug-likeness (QED) is 0.923. The Morgan fingerprint density at radius 3 is 2.36 bits per heavy atom. The molecule has 0 aliphatic heterocycles. The molecule has 0 heterocycles. The summed E-state index contributed by atoms with van der Waals surface area (Å²) in [6, 6.07) is 10.7. The number of rotatable bonds is 5. The average molecular weight is 305 g/mol. The number of hydrogen-bond acceptors (Lipinski definition) is 2. The van der Waals surface area contributed by atoms with Crippen LogP contribution < -0.4 is 4.90 Å². The number of amides is 1. The van der Waals surface area contributed by atoms with Gasteiger partial charge in [-0.2, -0.15) is 0 Å². The lowest BCUT2D eigenvalue weighted by molar-refractivity contribution is -0.136. The normalized spacial score (nSPS) is 10.3. The molecule has 6 heteroatoms. The summed E-state index contributed by atoms with van der Waals surface area (Å²) in [6.45, 7) is -0.260. The number of hydrogen-bond donors (Lipinski definition) is 1. The first kappa shape index (κ1) is 15.6. The second kappa shape index (κ2) is 6.80. The van der Waals surface area contributed by atoms with E-state index in [0.717, 1.165) is 23.1 Å². The fourth-order valence-electron chi connectivity index (χ4n) is 1.97. The molecule has 0 radical (unpaired) electrons. The Kier molecular flexibility index (Phi) is 4.83. The highest BCUT2D eigenvalue weighted by Gasteiger charge is 2.22.